The van der Waals surface area contributed by atoms with Gasteiger partial charge in [-0.1, -0.05) is 0 Å². The second-order valence-corrected chi connectivity index (χ2v) is 2.51. The standard InChI is InChI=1S/CClF3.CF3I/c2*2-1(3,4)5. The lowest BCUT2D eigenvalue weighted by atomic mass is 11.6. The number of hydrogen-bond acceptors (Lipinski definition) is 0. The molecule has 0 aromatic carbocycles. The molecule has 0 amide bonds. The van der Waals surface area contributed by atoms with E-state index in [1.165, 1.54) is 0 Å². The third kappa shape index (κ3) is 1380. The van der Waals surface area contributed by atoms with Crippen molar-refractivity contribution in [3.8, 4) is 0 Å². The molecule has 0 unspecified atom stereocenters. The minimum atomic E-state index is -4.53. The van der Waals surface area contributed by atoms with E-state index in [9.17, 15) is 26.3 Å². The highest BCUT2D eigenvalue weighted by molar-refractivity contribution is 14.1. The van der Waals surface area contributed by atoms with Crippen LogP contribution in [-0.2, 0) is 0 Å². The molecule has 10 heavy (non-hydrogen) atoms. The zero-order valence-electron chi connectivity index (χ0n) is 4.02. The second kappa shape index (κ2) is 4.47. The Morgan fingerprint density at radius 3 is 0.900 bits per heavy atom. The van der Waals surface area contributed by atoms with Gasteiger partial charge in [0.25, 0.3) is 0 Å². The largest absolute Gasteiger partial charge is 0.475 e. The summed E-state index contributed by atoms with van der Waals surface area (Å²) in [4.78, 5) is 0. The maximum atomic E-state index is 10.3. The molecule has 8 heteroatoms. The highest BCUT2D eigenvalue weighted by Crippen LogP contribution is 2.22. The molecule has 0 nitrogen and oxygen atoms in total. The van der Waals surface area contributed by atoms with Gasteiger partial charge in [-0.25, -0.2) is 0 Å². The van der Waals surface area contributed by atoms with Crippen molar-refractivity contribution in [2.24, 2.45) is 0 Å². The van der Waals surface area contributed by atoms with Gasteiger partial charge in [-0.2, -0.15) is 26.3 Å². The Morgan fingerprint density at radius 2 is 0.900 bits per heavy atom. The highest BCUT2D eigenvalue weighted by atomic mass is 127. The first-order valence-electron chi connectivity index (χ1n) is 1.51. The molecule has 0 atom stereocenters. The third-order valence-electron chi connectivity index (χ3n) is 0. The molecule has 0 fully saturated rings. The minimum Gasteiger partial charge on any atom is -0.161 e. The number of halogens is 8. The van der Waals surface area contributed by atoms with Gasteiger partial charge in [0.05, 0.1) is 0 Å². The summed E-state index contributed by atoms with van der Waals surface area (Å²) in [7, 11) is 0. The van der Waals surface area contributed by atoms with E-state index in [1.807, 2.05) is 0 Å². The van der Waals surface area contributed by atoms with Crippen LogP contribution in [0.4, 0.5) is 26.3 Å². The molecule has 0 rings (SSSR count). The fourth-order valence-corrected chi connectivity index (χ4v) is 0. The van der Waals surface area contributed by atoms with E-state index in [-0.39, 0.29) is 0 Å². The van der Waals surface area contributed by atoms with E-state index >= 15 is 0 Å². The lowest BCUT2D eigenvalue weighted by Gasteiger charge is -1.85. The van der Waals surface area contributed by atoms with Crippen molar-refractivity contribution in [2.45, 2.75) is 9.82 Å². The smallest absolute Gasteiger partial charge is 0.161 e. The molecule has 0 aromatic rings. The Balaban J connectivity index is 0. The van der Waals surface area contributed by atoms with Crippen molar-refractivity contribution in [3.05, 3.63) is 0 Å². The molecular formula is C2ClF6I. The topological polar surface area (TPSA) is 0 Å². The first-order chi connectivity index (χ1) is 4.00. The van der Waals surface area contributed by atoms with Gasteiger partial charge in [0.15, 0.2) is 0 Å². The van der Waals surface area contributed by atoms with Gasteiger partial charge in [-0.05, 0) is 11.6 Å². The Kier molecular flexibility index (Phi) is 5.91. The molecule has 0 spiro atoms. The Labute approximate surface area is 70.7 Å². The lowest BCUT2D eigenvalue weighted by Crippen LogP contribution is -1.89. The van der Waals surface area contributed by atoms with Crippen molar-refractivity contribution in [2.75, 3.05) is 0 Å². The molecule has 0 aliphatic rings. The van der Waals surface area contributed by atoms with Crippen molar-refractivity contribution >= 4 is 34.2 Å². The van der Waals surface area contributed by atoms with E-state index in [0.29, 0.717) is 22.6 Å². The van der Waals surface area contributed by atoms with Crippen LogP contribution >= 0.6 is 34.2 Å². The summed E-state index contributed by atoms with van der Waals surface area (Å²) >= 11 is 3.91. The molecule has 64 valence electrons. The van der Waals surface area contributed by atoms with Crippen LogP contribution in [0.3, 0.4) is 0 Å². The minimum absolute atomic E-state index is 0.378. The van der Waals surface area contributed by atoms with Gasteiger partial charge in [0.1, 0.15) is 0 Å². The predicted molar refractivity (Wildman–Crippen MR) is 32.0 cm³/mol. The molecule has 0 saturated heterocycles. The van der Waals surface area contributed by atoms with Gasteiger partial charge in [-0.3, -0.25) is 0 Å². The fraction of sp³-hybridized carbons (Fsp3) is 1.00. The Morgan fingerprint density at radius 1 is 0.900 bits per heavy atom. The van der Waals surface area contributed by atoms with Crippen LogP contribution in [0.2, 0.25) is 0 Å². The lowest BCUT2D eigenvalue weighted by molar-refractivity contribution is -0.0420. The van der Waals surface area contributed by atoms with E-state index in [1.54, 1.807) is 0 Å². The van der Waals surface area contributed by atoms with Gasteiger partial charge < -0.3 is 0 Å². The highest BCUT2D eigenvalue weighted by Gasteiger charge is 2.20. The summed E-state index contributed by atoms with van der Waals surface area (Å²) in [5.41, 5.74) is -4.53. The maximum absolute atomic E-state index is 10.3. The quantitative estimate of drug-likeness (QED) is 0.364. The maximum Gasteiger partial charge on any atom is 0.475 e. The Bertz CT molecular complexity index is 58.7. The second-order valence-electron chi connectivity index (χ2n) is 0.857. The average molecular weight is 300 g/mol. The molecule has 0 heterocycles. The summed E-state index contributed by atoms with van der Waals surface area (Å²) in [6.07, 6.45) is 0. The van der Waals surface area contributed by atoms with Crippen LogP contribution in [0.5, 0.6) is 0 Å². The van der Waals surface area contributed by atoms with Crippen molar-refractivity contribution in [3.63, 3.8) is 0 Å². The average Bonchev–Trinajstić information content (AvgIpc) is 1.12. The normalized spacial score (nSPS) is 12.0. The first kappa shape index (κ1) is 13.2. The first-order valence-corrected chi connectivity index (χ1v) is 2.97. The fourth-order valence-electron chi connectivity index (χ4n) is 0. The molecule has 0 radical (unpaired) electrons. The summed E-state index contributed by atoms with van der Waals surface area (Å²) < 4.78 is 57.4. The van der Waals surface area contributed by atoms with Gasteiger partial charge in [0.2, 0.25) is 0 Å². The Hall–Kier alpha value is 0.600. The van der Waals surface area contributed by atoms with Gasteiger partial charge in [-0.15, -0.1) is 0 Å². The van der Waals surface area contributed by atoms with Crippen LogP contribution in [0.25, 0.3) is 0 Å². The van der Waals surface area contributed by atoms with Crippen LogP contribution in [0.15, 0.2) is 0 Å². The monoisotopic (exact) mass is 300 g/mol. The molecule has 0 bridgehead atoms. The van der Waals surface area contributed by atoms with Crippen LogP contribution < -0.4 is 0 Å². The van der Waals surface area contributed by atoms with Crippen LogP contribution in [0, 0.1) is 0 Å². The van der Waals surface area contributed by atoms with Gasteiger partial charge >= 0.3 is 9.82 Å². The van der Waals surface area contributed by atoms with Crippen LogP contribution in [-0.4, -0.2) is 9.82 Å². The summed E-state index contributed by atoms with van der Waals surface area (Å²) in [6.45, 7) is 0. The van der Waals surface area contributed by atoms with E-state index in [4.69, 9.17) is 0 Å². The zero-order chi connectivity index (χ0) is 9.00. The van der Waals surface area contributed by atoms with Crippen molar-refractivity contribution in [1.29, 1.82) is 0 Å². The SMILES string of the molecule is FC(F)(F)Cl.FC(F)(F)I. The summed E-state index contributed by atoms with van der Waals surface area (Å²) in [5, 5.41) is 0. The predicted octanol–water partition coefficient (Wildman–Crippen LogP) is 3.69. The molecule has 0 aliphatic heterocycles. The summed E-state index contributed by atoms with van der Waals surface area (Å²) in [5.74, 6) is 0. The molecule has 0 aliphatic carbocycles. The zero-order valence-corrected chi connectivity index (χ0v) is 6.94. The molecule has 0 saturated carbocycles. The van der Waals surface area contributed by atoms with E-state index < -0.39 is 9.82 Å². The van der Waals surface area contributed by atoms with Crippen molar-refractivity contribution < 1.29 is 26.3 Å². The number of rotatable bonds is 0. The number of alkyl halides is 8. The molecular weight excluding hydrogens is 300 g/mol. The molecule has 0 aromatic heterocycles. The van der Waals surface area contributed by atoms with Crippen molar-refractivity contribution in [1.82, 2.24) is 0 Å². The number of hydrogen-bond donors (Lipinski definition) is 0. The van der Waals surface area contributed by atoms with Gasteiger partial charge in [0, 0.05) is 22.6 Å². The van der Waals surface area contributed by atoms with E-state index in [0.717, 1.165) is 0 Å². The third-order valence-corrected chi connectivity index (χ3v) is 0. The van der Waals surface area contributed by atoms with Crippen LogP contribution in [0.1, 0.15) is 0 Å². The van der Waals surface area contributed by atoms with E-state index in [2.05, 4.69) is 11.6 Å². The molecule has 0 N–H and O–H groups in total. The summed E-state index contributed by atoms with van der Waals surface area (Å²) in [6, 6.07) is 0.